The lowest BCUT2D eigenvalue weighted by Gasteiger charge is -2.44. The van der Waals surface area contributed by atoms with Crippen LogP contribution in [-0.4, -0.2) is 51.8 Å². The monoisotopic (exact) mass is 482 g/mol. The molecule has 0 radical (unpaired) electrons. The maximum Gasteiger partial charge on any atom is 0.410 e. The van der Waals surface area contributed by atoms with Crippen LogP contribution in [0.4, 0.5) is 9.18 Å². The molecule has 1 atom stereocenters. The van der Waals surface area contributed by atoms with Gasteiger partial charge in [0, 0.05) is 44.4 Å². The van der Waals surface area contributed by atoms with Gasteiger partial charge >= 0.3 is 6.09 Å². The Morgan fingerprint density at radius 3 is 2.69 bits per heavy atom. The Morgan fingerprint density at radius 1 is 1.23 bits per heavy atom. The van der Waals surface area contributed by atoms with E-state index in [1.54, 1.807) is 11.0 Å². The van der Waals surface area contributed by atoms with Gasteiger partial charge in [0.1, 0.15) is 29.2 Å². The molecule has 3 aliphatic heterocycles. The highest BCUT2D eigenvalue weighted by Crippen LogP contribution is 2.51. The second kappa shape index (κ2) is 8.22. The highest BCUT2D eigenvalue weighted by Gasteiger charge is 2.49. The number of hydrogen-bond donors (Lipinski definition) is 1. The van der Waals surface area contributed by atoms with Crippen molar-refractivity contribution in [1.82, 2.24) is 19.8 Å². The Kier molecular flexibility index (Phi) is 5.36. The average molecular weight is 483 g/mol. The summed E-state index contributed by atoms with van der Waals surface area (Å²) in [5.74, 6) is 1.51. The van der Waals surface area contributed by atoms with Crippen LogP contribution in [0.3, 0.4) is 0 Å². The van der Waals surface area contributed by atoms with Gasteiger partial charge in [-0.05, 0) is 64.6 Å². The maximum absolute atomic E-state index is 15.1. The van der Waals surface area contributed by atoms with Crippen LogP contribution in [-0.2, 0) is 17.4 Å². The SMILES string of the molecule is Cn1c(C2CCNC(C)(C)C2)nc2c1C1(CCN(C(=O)OC3CCC3)CC1)Oc1cccc(F)c1-2. The number of amides is 1. The zero-order valence-electron chi connectivity index (χ0n) is 20.9. The first-order valence-electron chi connectivity index (χ1n) is 13.0. The van der Waals surface area contributed by atoms with Gasteiger partial charge in [0.2, 0.25) is 0 Å². The van der Waals surface area contributed by atoms with Crippen molar-refractivity contribution in [3.05, 3.63) is 35.5 Å². The predicted octanol–water partition coefficient (Wildman–Crippen LogP) is 4.84. The van der Waals surface area contributed by atoms with Crippen LogP contribution in [0, 0.1) is 5.82 Å². The number of carbonyl (C=O) groups is 1. The summed E-state index contributed by atoms with van der Waals surface area (Å²) in [6.45, 7) is 6.45. The van der Waals surface area contributed by atoms with E-state index in [0.29, 0.717) is 42.9 Å². The van der Waals surface area contributed by atoms with Gasteiger partial charge in [0.15, 0.2) is 5.60 Å². The van der Waals surface area contributed by atoms with Crippen molar-refractivity contribution in [2.45, 2.75) is 82.0 Å². The first-order valence-corrected chi connectivity index (χ1v) is 13.0. The fourth-order valence-corrected chi connectivity index (χ4v) is 6.35. The number of fused-ring (bicyclic) bond motifs is 4. The molecular formula is C27H35FN4O3. The van der Waals surface area contributed by atoms with Gasteiger partial charge in [-0.25, -0.2) is 14.2 Å². The minimum absolute atomic E-state index is 0.0266. The van der Waals surface area contributed by atoms with Gasteiger partial charge in [0.05, 0.1) is 11.3 Å². The summed E-state index contributed by atoms with van der Waals surface area (Å²) in [7, 11) is 2.05. The highest BCUT2D eigenvalue weighted by atomic mass is 19.1. The summed E-state index contributed by atoms with van der Waals surface area (Å²) in [6.07, 6.45) is 6.09. The van der Waals surface area contributed by atoms with Gasteiger partial charge in [-0.1, -0.05) is 6.07 Å². The van der Waals surface area contributed by atoms with E-state index in [-0.39, 0.29) is 29.5 Å². The third-order valence-electron chi connectivity index (χ3n) is 8.45. The van der Waals surface area contributed by atoms with E-state index < -0.39 is 5.60 Å². The fourth-order valence-electron chi connectivity index (χ4n) is 6.35. The van der Waals surface area contributed by atoms with Crippen LogP contribution in [0.2, 0.25) is 0 Å². The Labute approximate surface area is 206 Å². The maximum atomic E-state index is 15.1. The molecule has 1 spiro atoms. The molecule has 188 valence electrons. The predicted molar refractivity (Wildman–Crippen MR) is 130 cm³/mol. The third-order valence-corrected chi connectivity index (χ3v) is 8.45. The fraction of sp³-hybridized carbons (Fsp3) is 0.630. The molecule has 2 saturated heterocycles. The topological polar surface area (TPSA) is 68.6 Å². The first-order chi connectivity index (χ1) is 16.8. The summed E-state index contributed by atoms with van der Waals surface area (Å²) in [5, 5.41) is 3.59. The van der Waals surface area contributed by atoms with Crippen LogP contribution in [0.25, 0.3) is 11.3 Å². The Hall–Kier alpha value is -2.61. The quantitative estimate of drug-likeness (QED) is 0.663. The number of benzene rings is 1. The Balaban J connectivity index is 1.36. The number of hydrogen-bond acceptors (Lipinski definition) is 5. The number of imidazole rings is 1. The number of aromatic nitrogens is 2. The second-order valence-corrected chi connectivity index (χ2v) is 11.4. The largest absolute Gasteiger partial charge is 0.480 e. The number of halogens is 1. The number of likely N-dealkylation sites (tertiary alicyclic amines) is 1. The van der Waals surface area contributed by atoms with E-state index >= 15 is 4.39 Å². The molecule has 1 N–H and O–H groups in total. The Bertz CT molecular complexity index is 1150. The molecule has 1 aliphatic carbocycles. The van der Waals surface area contributed by atoms with Crippen molar-refractivity contribution in [1.29, 1.82) is 0 Å². The van der Waals surface area contributed by atoms with Crippen molar-refractivity contribution in [3.8, 4) is 17.0 Å². The molecule has 1 amide bonds. The van der Waals surface area contributed by atoms with Gasteiger partial charge in [-0.3, -0.25) is 0 Å². The minimum Gasteiger partial charge on any atom is -0.480 e. The molecule has 4 aliphatic rings. The third kappa shape index (κ3) is 3.81. The van der Waals surface area contributed by atoms with Crippen LogP contribution < -0.4 is 10.1 Å². The van der Waals surface area contributed by atoms with Crippen LogP contribution in [0.5, 0.6) is 5.75 Å². The van der Waals surface area contributed by atoms with Crippen molar-refractivity contribution in [2.24, 2.45) is 7.05 Å². The number of nitrogens with one attached hydrogen (secondary N) is 1. The van der Waals surface area contributed by atoms with E-state index in [1.807, 2.05) is 13.1 Å². The molecule has 0 bridgehead atoms. The molecule has 1 aromatic carbocycles. The van der Waals surface area contributed by atoms with Crippen LogP contribution in [0.15, 0.2) is 18.2 Å². The molecule has 4 heterocycles. The lowest BCUT2D eigenvalue weighted by Crippen LogP contribution is -2.50. The summed E-state index contributed by atoms with van der Waals surface area (Å²) >= 11 is 0. The molecule has 1 unspecified atom stereocenters. The number of rotatable bonds is 2. The summed E-state index contributed by atoms with van der Waals surface area (Å²) in [4.78, 5) is 19.6. The second-order valence-electron chi connectivity index (χ2n) is 11.4. The molecule has 6 rings (SSSR count). The summed E-state index contributed by atoms with van der Waals surface area (Å²) in [5.41, 5.74) is 1.47. The lowest BCUT2D eigenvalue weighted by atomic mass is 9.83. The highest BCUT2D eigenvalue weighted by molar-refractivity contribution is 5.74. The molecule has 2 aromatic rings. The van der Waals surface area contributed by atoms with Crippen molar-refractivity contribution in [3.63, 3.8) is 0 Å². The smallest absolute Gasteiger partial charge is 0.410 e. The van der Waals surface area contributed by atoms with Gasteiger partial charge in [-0.15, -0.1) is 0 Å². The van der Waals surface area contributed by atoms with Crippen molar-refractivity contribution >= 4 is 6.09 Å². The number of carbonyl (C=O) groups excluding carboxylic acids is 1. The lowest BCUT2D eigenvalue weighted by molar-refractivity contribution is -0.0238. The normalized spacial score (nSPS) is 24.8. The zero-order chi connectivity index (χ0) is 24.4. The van der Waals surface area contributed by atoms with E-state index in [2.05, 4.69) is 23.7 Å². The number of piperidine rings is 2. The summed E-state index contributed by atoms with van der Waals surface area (Å²) < 4.78 is 29.6. The van der Waals surface area contributed by atoms with Crippen LogP contribution >= 0.6 is 0 Å². The van der Waals surface area contributed by atoms with E-state index in [0.717, 1.165) is 50.2 Å². The summed E-state index contributed by atoms with van der Waals surface area (Å²) in [6, 6.07) is 5.00. The van der Waals surface area contributed by atoms with E-state index in [9.17, 15) is 4.79 Å². The Morgan fingerprint density at radius 2 is 2.00 bits per heavy atom. The molecular weight excluding hydrogens is 447 g/mol. The van der Waals surface area contributed by atoms with E-state index in [4.69, 9.17) is 14.5 Å². The first kappa shape index (κ1) is 22.8. The molecule has 1 aromatic heterocycles. The van der Waals surface area contributed by atoms with Crippen molar-refractivity contribution < 1.29 is 18.7 Å². The molecule has 7 nitrogen and oxygen atoms in total. The standard InChI is InChI=1S/C27H35FN4O3/c1-26(2)16-17(10-13-29-26)24-30-22-21-19(28)8-5-9-20(21)35-27(23(22)31(24)3)11-14-32(15-12-27)25(33)34-18-6-4-7-18/h5,8-9,17-18,29H,4,6-7,10-16H2,1-3H3. The van der Waals surface area contributed by atoms with Crippen molar-refractivity contribution in [2.75, 3.05) is 19.6 Å². The van der Waals surface area contributed by atoms with Gasteiger partial charge in [-0.2, -0.15) is 0 Å². The van der Waals surface area contributed by atoms with Gasteiger partial charge < -0.3 is 24.3 Å². The van der Waals surface area contributed by atoms with E-state index in [1.165, 1.54) is 6.07 Å². The molecule has 8 heteroatoms. The average Bonchev–Trinajstić information content (AvgIpc) is 3.14. The molecule has 35 heavy (non-hydrogen) atoms. The number of ether oxygens (including phenoxy) is 2. The van der Waals surface area contributed by atoms with Crippen LogP contribution in [0.1, 0.15) is 76.2 Å². The van der Waals surface area contributed by atoms with Gasteiger partial charge in [0.25, 0.3) is 0 Å². The zero-order valence-corrected chi connectivity index (χ0v) is 20.9. The molecule has 3 fully saturated rings. The minimum atomic E-state index is -0.647. The molecule has 1 saturated carbocycles. The number of nitrogens with zero attached hydrogens (tertiary/aromatic N) is 3.